The van der Waals surface area contributed by atoms with Crippen LogP contribution < -0.4 is 10.6 Å². The average molecular weight is 477 g/mol. The van der Waals surface area contributed by atoms with Crippen LogP contribution >= 0.6 is 23.6 Å². The molecule has 0 unspecified atom stereocenters. The third-order valence-electron chi connectivity index (χ3n) is 4.93. The van der Waals surface area contributed by atoms with E-state index < -0.39 is 11.9 Å². The lowest BCUT2D eigenvalue weighted by Gasteiger charge is -2.21. The maximum absolute atomic E-state index is 12.6. The normalized spacial score (nSPS) is 10.9. The van der Waals surface area contributed by atoms with Crippen molar-refractivity contribution >= 4 is 51.3 Å². The van der Waals surface area contributed by atoms with Gasteiger partial charge in [0, 0.05) is 5.69 Å². The van der Waals surface area contributed by atoms with E-state index in [1.165, 1.54) is 0 Å². The second kappa shape index (κ2) is 11.4. The predicted octanol–water partition coefficient (Wildman–Crippen LogP) is 6.47. The lowest BCUT2D eigenvalue weighted by molar-refractivity contribution is 0.0527. The number of rotatable bonds is 8. The van der Waals surface area contributed by atoms with E-state index in [1.807, 2.05) is 0 Å². The molecule has 1 aromatic heterocycles. The first-order chi connectivity index (χ1) is 15.1. The minimum Gasteiger partial charge on any atom is -0.462 e. The molecule has 1 aromatic carbocycles. The predicted molar refractivity (Wildman–Crippen MR) is 135 cm³/mol. The summed E-state index contributed by atoms with van der Waals surface area (Å²) in [6, 6.07) is 6.22. The minimum atomic E-state index is -0.507. The zero-order chi connectivity index (χ0) is 24.0. The zero-order valence-corrected chi connectivity index (χ0v) is 21.4. The Balaban J connectivity index is 2.43. The molecule has 0 atom stereocenters. The van der Waals surface area contributed by atoms with Gasteiger partial charge in [0.05, 0.1) is 18.8 Å². The van der Waals surface area contributed by atoms with Gasteiger partial charge in [-0.15, -0.1) is 11.3 Å². The molecule has 0 saturated heterocycles. The highest BCUT2D eigenvalue weighted by molar-refractivity contribution is 7.80. The standard InChI is InChI=1S/C24H32N2O4S2/c1-8-29-22(27)18-15(7)20(23(28)30-9-2)32-21(18)26-24(31)25-19-16(13(3)4)11-10-12-17(19)14(5)6/h10-14H,8-9H2,1-7H3,(H2,25,26,31). The first kappa shape index (κ1) is 25.8. The number of thiocarbonyl (C=S) groups is 1. The molecule has 2 rings (SSSR count). The molecule has 6 nitrogen and oxygen atoms in total. The number of para-hydroxylation sites is 1. The Morgan fingerprint density at radius 1 is 0.969 bits per heavy atom. The number of benzene rings is 1. The number of thiophene rings is 1. The van der Waals surface area contributed by atoms with Crippen LogP contribution in [0, 0.1) is 6.92 Å². The number of nitrogens with one attached hydrogen (secondary N) is 2. The van der Waals surface area contributed by atoms with E-state index >= 15 is 0 Å². The molecular weight excluding hydrogens is 444 g/mol. The summed E-state index contributed by atoms with van der Waals surface area (Å²) in [4.78, 5) is 25.4. The topological polar surface area (TPSA) is 76.7 Å². The molecule has 0 spiro atoms. The van der Waals surface area contributed by atoms with Crippen molar-refractivity contribution in [2.24, 2.45) is 0 Å². The van der Waals surface area contributed by atoms with Gasteiger partial charge in [-0.3, -0.25) is 0 Å². The highest BCUT2D eigenvalue weighted by Crippen LogP contribution is 2.36. The Hall–Kier alpha value is -2.45. The number of carbonyl (C=O) groups excluding carboxylic acids is 2. The van der Waals surface area contributed by atoms with Gasteiger partial charge in [-0.05, 0) is 61.5 Å². The largest absolute Gasteiger partial charge is 0.462 e. The molecule has 0 aliphatic carbocycles. The number of carbonyl (C=O) groups is 2. The van der Waals surface area contributed by atoms with Gasteiger partial charge in [-0.25, -0.2) is 9.59 Å². The monoisotopic (exact) mass is 476 g/mol. The summed E-state index contributed by atoms with van der Waals surface area (Å²) in [6.45, 7) is 14.2. The molecule has 0 bridgehead atoms. The summed E-state index contributed by atoms with van der Waals surface area (Å²) in [5, 5.41) is 7.24. The second-order valence-corrected chi connectivity index (χ2v) is 9.33. The summed E-state index contributed by atoms with van der Waals surface area (Å²) in [7, 11) is 0. The average Bonchev–Trinajstić information content (AvgIpc) is 3.03. The van der Waals surface area contributed by atoms with Gasteiger partial charge in [-0.2, -0.15) is 0 Å². The van der Waals surface area contributed by atoms with Crippen molar-refractivity contribution in [3.05, 3.63) is 45.3 Å². The molecule has 2 N–H and O–H groups in total. The molecule has 0 aliphatic rings. The maximum atomic E-state index is 12.6. The molecule has 0 fully saturated rings. The Kier molecular flexibility index (Phi) is 9.21. The van der Waals surface area contributed by atoms with Crippen LogP contribution in [0.1, 0.15) is 90.1 Å². The lowest BCUT2D eigenvalue weighted by Crippen LogP contribution is -2.22. The SMILES string of the molecule is CCOC(=O)c1sc(NC(=S)Nc2c(C(C)C)cccc2C(C)C)c(C(=O)OCC)c1C. The fraction of sp³-hybridized carbons (Fsp3) is 0.458. The van der Waals surface area contributed by atoms with Gasteiger partial charge in [-0.1, -0.05) is 45.9 Å². The van der Waals surface area contributed by atoms with Gasteiger partial charge in [0.15, 0.2) is 5.11 Å². The van der Waals surface area contributed by atoms with E-state index in [-0.39, 0.29) is 13.2 Å². The van der Waals surface area contributed by atoms with Crippen molar-refractivity contribution in [3.63, 3.8) is 0 Å². The van der Waals surface area contributed by atoms with E-state index in [4.69, 9.17) is 21.7 Å². The fourth-order valence-electron chi connectivity index (χ4n) is 3.39. The van der Waals surface area contributed by atoms with Crippen LogP contribution in [0.4, 0.5) is 10.7 Å². The van der Waals surface area contributed by atoms with Gasteiger partial charge >= 0.3 is 11.9 Å². The van der Waals surface area contributed by atoms with Crippen LogP contribution in [-0.4, -0.2) is 30.3 Å². The van der Waals surface area contributed by atoms with E-state index in [1.54, 1.807) is 20.8 Å². The molecule has 32 heavy (non-hydrogen) atoms. The lowest BCUT2D eigenvalue weighted by atomic mass is 9.93. The number of hydrogen-bond donors (Lipinski definition) is 2. The van der Waals surface area contributed by atoms with E-state index in [0.29, 0.717) is 38.0 Å². The number of ether oxygens (including phenoxy) is 2. The molecule has 0 radical (unpaired) electrons. The molecule has 0 aliphatic heterocycles. The molecule has 2 aromatic rings. The minimum absolute atomic E-state index is 0.227. The van der Waals surface area contributed by atoms with Gasteiger partial charge in [0.25, 0.3) is 0 Å². The maximum Gasteiger partial charge on any atom is 0.348 e. The zero-order valence-electron chi connectivity index (χ0n) is 19.8. The summed E-state index contributed by atoms with van der Waals surface area (Å²) in [6.07, 6.45) is 0. The van der Waals surface area contributed by atoms with Gasteiger partial charge in [0.2, 0.25) is 0 Å². The quantitative estimate of drug-likeness (QED) is 0.334. The van der Waals surface area contributed by atoms with Crippen LogP contribution in [0.2, 0.25) is 0 Å². The fourth-order valence-corrected chi connectivity index (χ4v) is 4.75. The molecule has 0 amide bonds. The van der Waals surface area contributed by atoms with Crippen molar-refractivity contribution in [2.75, 3.05) is 23.8 Å². The molecule has 0 saturated carbocycles. The molecule has 8 heteroatoms. The number of hydrogen-bond acceptors (Lipinski definition) is 6. The highest BCUT2D eigenvalue weighted by Gasteiger charge is 2.27. The Bertz CT molecular complexity index is 970. The molecular formula is C24H32N2O4S2. The van der Waals surface area contributed by atoms with Gasteiger partial charge in [0.1, 0.15) is 9.88 Å². The van der Waals surface area contributed by atoms with Crippen LogP contribution in [0.3, 0.4) is 0 Å². The first-order valence-electron chi connectivity index (χ1n) is 10.8. The van der Waals surface area contributed by atoms with Crippen LogP contribution in [0.5, 0.6) is 0 Å². The van der Waals surface area contributed by atoms with Gasteiger partial charge < -0.3 is 20.1 Å². The summed E-state index contributed by atoms with van der Waals surface area (Å²) in [5.74, 6) is -0.380. The van der Waals surface area contributed by atoms with Crippen LogP contribution in [0.25, 0.3) is 0 Å². The summed E-state index contributed by atoms with van der Waals surface area (Å²) in [5.41, 5.74) is 4.08. The van der Waals surface area contributed by atoms with Crippen molar-refractivity contribution in [1.29, 1.82) is 0 Å². The van der Waals surface area contributed by atoms with Crippen LogP contribution in [0.15, 0.2) is 18.2 Å². The summed E-state index contributed by atoms with van der Waals surface area (Å²) >= 11 is 6.74. The Morgan fingerprint density at radius 2 is 1.50 bits per heavy atom. The molecule has 174 valence electrons. The third-order valence-corrected chi connectivity index (χ3v) is 6.32. The highest BCUT2D eigenvalue weighted by atomic mass is 32.1. The van der Waals surface area contributed by atoms with E-state index in [2.05, 4.69) is 56.5 Å². The Labute approximate surface area is 199 Å². The van der Waals surface area contributed by atoms with Crippen molar-refractivity contribution in [2.45, 2.75) is 60.3 Å². The number of anilines is 2. The Morgan fingerprint density at radius 3 is 2.00 bits per heavy atom. The van der Waals surface area contributed by atoms with Crippen molar-refractivity contribution in [1.82, 2.24) is 0 Å². The second-order valence-electron chi connectivity index (χ2n) is 7.90. The van der Waals surface area contributed by atoms with E-state index in [9.17, 15) is 9.59 Å². The summed E-state index contributed by atoms with van der Waals surface area (Å²) < 4.78 is 10.4. The smallest absolute Gasteiger partial charge is 0.348 e. The number of esters is 2. The molecule has 1 heterocycles. The van der Waals surface area contributed by atoms with Crippen molar-refractivity contribution < 1.29 is 19.1 Å². The third kappa shape index (κ3) is 5.86. The van der Waals surface area contributed by atoms with Crippen LogP contribution in [-0.2, 0) is 9.47 Å². The first-order valence-corrected chi connectivity index (χ1v) is 12.0. The van der Waals surface area contributed by atoms with Crippen molar-refractivity contribution in [3.8, 4) is 0 Å². The van der Waals surface area contributed by atoms with E-state index in [0.717, 1.165) is 28.2 Å².